The molecule has 7 heteroatoms. The third-order valence-electron chi connectivity index (χ3n) is 2.30. The molecule has 7 nitrogen and oxygen atoms in total. The summed E-state index contributed by atoms with van der Waals surface area (Å²) in [4.78, 5) is 11.8. The SMILES string of the molecule is NNc1nnc(Cc2ccccc2)c(=O)n1N. The van der Waals surface area contributed by atoms with Crippen molar-refractivity contribution in [1.29, 1.82) is 0 Å². The molecule has 1 heterocycles. The third-order valence-corrected chi connectivity index (χ3v) is 2.30. The first-order valence-corrected chi connectivity index (χ1v) is 4.96. The first-order chi connectivity index (χ1) is 8.22. The molecule has 0 amide bonds. The van der Waals surface area contributed by atoms with Gasteiger partial charge in [0.15, 0.2) is 0 Å². The van der Waals surface area contributed by atoms with Gasteiger partial charge in [0.05, 0.1) is 0 Å². The predicted molar refractivity (Wildman–Crippen MR) is 63.5 cm³/mol. The van der Waals surface area contributed by atoms with Gasteiger partial charge in [-0.3, -0.25) is 10.2 Å². The minimum atomic E-state index is -0.420. The van der Waals surface area contributed by atoms with Crippen molar-refractivity contribution >= 4 is 5.95 Å². The van der Waals surface area contributed by atoms with Crippen molar-refractivity contribution in [2.45, 2.75) is 6.42 Å². The van der Waals surface area contributed by atoms with Gasteiger partial charge in [0.25, 0.3) is 11.5 Å². The normalized spacial score (nSPS) is 10.2. The highest BCUT2D eigenvalue weighted by Gasteiger charge is 2.09. The Labute approximate surface area is 97.0 Å². The lowest BCUT2D eigenvalue weighted by atomic mass is 10.1. The molecule has 0 aliphatic heterocycles. The molecule has 0 unspecified atom stereocenters. The summed E-state index contributed by atoms with van der Waals surface area (Å²) in [7, 11) is 0. The first kappa shape index (κ1) is 11.1. The maximum Gasteiger partial charge on any atom is 0.295 e. The Hall–Kier alpha value is -2.41. The van der Waals surface area contributed by atoms with Crippen molar-refractivity contribution in [2.24, 2.45) is 5.84 Å². The molecule has 0 aliphatic carbocycles. The average Bonchev–Trinajstić information content (AvgIpc) is 2.37. The largest absolute Gasteiger partial charge is 0.333 e. The van der Waals surface area contributed by atoms with Crippen LogP contribution in [0.15, 0.2) is 35.1 Å². The van der Waals surface area contributed by atoms with E-state index in [0.29, 0.717) is 6.42 Å². The Kier molecular flexibility index (Phi) is 3.01. The van der Waals surface area contributed by atoms with E-state index < -0.39 is 5.56 Å². The zero-order valence-electron chi connectivity index (χ0n) is 9.00. The number of hydrogen-bond acceptors (Lipinski definition) is 6. The Morgan fingerprint density at radius 3 is 2.59 bits per heavy atom. The van der Waals surface area contributed by atoms with Gasteiger partial charge in [-0.15, -0.1) is 10.2 Å². The van der Waals surface area contributed by atoms with Crippen LogP contribution in [0, 0.1) is 0 Å². The molecule has 1 aromatic carbocycles. The monoisotopic (exact) mass is 232 g/mol. The molecule has 17 heavy (non-hydrogen) atoms. The van der Waals surface area contributed by atoms with Crippen LogP contribution in [-0.4, -0.2) is 14.9 Å². The van der Waals surface area contributed by atoms with Crippen LogP contribution in [0.1, 0.15) is 11.3 Å². The van der Waals surface area contributed by atoms with Gasteiger partial charge in [-0.25, -0.2) is 5.84 Å². The molecule has 1 aromatic heterocycles. The molecule has 5 N–H and O–H groups in total. The summed E-state index contributed by atoms with van der Waals surface area (Å²) in [6, 6.07) is 9.48. The lowest BCUT2D eigenvalue weighted by molar-refractivity contribution is 0.781. The van der Waals surface area contributed by atoms with Crippen LogP contribution >= 0.6 is 0 Å². The van der Waals surface area contributed by atoms with Crippen LogP contribution in [0.3, 0.4) is 0 Å². The first-order valence-electron chi connectivity index (χ1n) is 4.96. The van der Waals surface area contributed by atoms with Crippen LogP contribution in [0.25, 0.3) is 0 Å². The molecule has 0 fully saturated rings. The number of nitrogen functional groups attached to an aromatic ring is 2. The molecular formula is C10H12N6O. The molecule has 0 saturated carbocycles. The molecule has 2 rings (SSSR count). The molecule has 0 bridgehead atoms. The summed E-state index contributed by atoms with van der Waals surface area (Å²) >= 11 is 0. The van der Waals surface area contributed by atoms with Gasteiger partial charge in [0.2, 0.25) is 0 Å². The number of anilines is 1. The molecule has 88 valence electrons. The summed E-state index contributed by atoms with van der Waals surface area (Å²) in [5, 5.41) is 7.50. The summed E-state index contributed by atoms with van der Waals surface area (Å²) in [6.07, 6.45) is 0.384. The Balaban J connectivity index is 2.35. The summed E-state index contributed by atoms with van der Waals surface area (Å²) < 4.78 is 0.839. The van der Waals surface area contributed by atoms with E-state index in [2.05, 4.69) is 15.6 Å². The van der Waals surface area contributed by atoms with E-state index in [1.807, 2.05) is 30.3 Å². The molecular weight excluding hydrogens is 220 g/mol. The lowest BCUT2D eigenvalue weighted by Gasteiger charge is -2.06. The molecule has 0 aliphatic rings. The molecule has 0 spiro atoms. The second-order valence-corrected chi connectivity index (χ2v) is 3.45. The van der Waals surface area contributed by atoms with Gasteiger partial charge in [-0.05, 0) is 5.56 Å². The number of rotatable bonds is 3. The van der Waals surface area contributed by atoms with E-state index in [1.165, 1.54) is 0 Å². The number of nitrogens with zero attached hydrogens (tertiary/aromatic N) is 3. The van der Waals surface area contributed by atoms with Crippen molar-refractivity contribution in [3.8, 4) is 0 Å². The summed E-state index contributed by atoms with van der Waals surface area (Å²) in [5.41, 5.74) is 3.01. The molecule has 0 atom stereocenters. The topological polar surface area (TPSA) is 112 Å². The number of hydrazine groups is 1. The predicted octanol–water partition coefficient (Wildman–Crippen LogP) is -0.772. The van der Waals surface area contributed by atoms with E-state index in [4.69, 9.17) is 11.7 Å². The van der Waals surface area contributed by atoms with E-state index in [-0.39, 0.29) is 11.6 Å². The van der Waals surface area contributed by atoms with Crippen LogP contribution in [0.4, 0.5) is 5.95 Å². The zero-order valence-corrected chi connectivity index (χ0v) is 9.00. The van der Waals surface area contributed by atoms with Gasteiger partial charge in [-0.1, -0.05) is 30.3 Å². The highest BCUT2D eigenvalue weighted by Crippen LogP contribution is 2.03. The van der Waals surface area contributed by atoms with Crippen LogP contribution in [-0.2, 0) is 6.42 Å². The Bertz CT molecular complexity index is 565. The minimum absolute atomic E-state index is 0.0202. The maximum atomic E-state index is 11.8. The highest BCUT2D eigenvalue weighted by atomic mass is 16.1. The smallest absolute Gasteiger partial charge is 0.295 e. The average molecular weight is 232 g/mol. The maximum absolute atomic E-state index is 11.8. The number of hydrogen-bond donors (Lipinski definition) is 3. The fourth-order valence-corrected chi connectivity index (χ4v) is 1.43. The minimum Gasteiger partial charge on any atom is -0.333 e. The summed E-state index contributed by atoms with van der Waals surface area (Å²) in [5.74, 6) is 10.7. The van der Waals surface area contributed by atoms with Crippen molar-refractivity contribution in [3.05, 3.63) is 51.9 Å². The van der Waals surface area contributed by atoms with Gasteiger partial charge in [0.1, 0.15) is 5.69 Å². The molecule has 2 aromatic rings. The zero-order chi connectivity index (χ0) is 12.3. The second-order valence-electron chi connectivity index (χ2n) is 3.45. The van der Waals surface area contributed by atoms with Crippen LogP contribution in [0.2, 0.25) is 0 Å². The van der Waals surface area contributed by atoms with E-state index in [9.17, 15) is 4.79 Å². The number of aromatic nitrogens is 3. The van der Waals surface area contributed by atoms with E-state index in [1.54, 1.807) is 0 Å². The quantitative estimate of drug-likeness (QED) is 0.473. The van der Waals surface area contributed by atoms with Crippen molar-refractivity contribution in [3.63, 3.8) is 0 Å². The Morgan fingerprint density at radius 1 is 1.24 bits per heavy atom. The second kappa shape index (κ2) is 4.62. The third kappa shape index (κ3) is 2.23. The van der Waals surface area contributed by atoms with Crippen molar-refractivity contribution in [1.82, 2.24) is 14.9 Å². The molecule has 0 saturated heterocycles. The Morgan fingerprint density at radius 2 is 1.94 bits per heavy atom. The van der Waals surface area contributed by atoms with Crippen LogP contribution < -0.4 is 22.7 Å². The fourth-order valence-electron chi connectivity index (χ4n) is 1.43. The number of benzene rings is 1. The number of nitrogens with two attached hydrogens (primary N) is 2. The number of nitrogens with one attached hydrogen (secondary N) is 1. The van der Waals surface area contributed by atoms with Crippen LogP contribution in [0.5, 0.6) is 0 Å². The fraction of sp³-hybridized carbons (Fsp3) is 0.100. The highest BCUT2D eigenvalue weighted by molar-refractivity contribution is 5.25. The van der Waals surface area contributed by atoms with Gasteiger partial charge < -0.3 is 5.84 Å². The van der Waals surface area contributed by atoms with Crippen molar-refractivity contribution in [2.75, 3.05) is 11.3 Å². The standard InChI is InChI=1S/C10H12N6O/c11-13-10-15-14-8(9(17)16(10)12)6-7-4-2-1-3-5-7/h1-5H,6,11-12H2,(H,13,15). The van der Waals surface area contributed by atoms with E-state index >= 15 is 0 Å². The van der Waals surface area contributed by atoms with Gasteiger partial charge in [-0.2, -0.15) is 4.68 Å². The summed E-state index contributed by atoms with van der Waals surface area (Å²) in [6.45, 7) is 0. The van der Waals surface area contributed by atoms with E-state index in [0.717, 1.165) is 10.2 Å². The van der Waals surface area contributed by atoms with Crippen molar-refractivity contribution < 1.29 is 0 Å². The lowest BCUT2D eigenvalue weighted by Crippen LogP contribution is -2.35. The van der Waals surface area contributed by atoms with Gasteiger partial charge >= 0.3 is 0 Å². The van der Waals surface area contributed by atoms with Gasteiger partial charge in [0, 0.05) is 6.42 Å². The molecule has 0 radical (unpaired) electrons.